The zero-order valence-electron chi connectivity index (χ0n) is 15.6. The lowest BCUT2D eigenvalue weighted by atomic mass is 10.1. The molecule has 0 fully saturated rings. The van der Waals surface area contributed by atoms with Gasteiger partial charge in [-0.05, 0) is 54.8 Å². The lowest BCUT2D eigenvalue weighted by molar-refractivity contribution is -0.118. The maximum Gasteiger partial charge on any atom is 0.338 e. The Hall–Kier alpha value is -2.34. The van der Waals surface area contributed by atoms with Gasteiger partial charge in [0.2, 0.25) is 0 Å². The second kappa shape index (κ2) is 10.7. The number of aryl methyl sites for hydroxylation is 1. The molecule has 144 valence electrons. The van der Waals surface area contributed by atoms with Gasteiger partial charge < -0.3 is 14.8 Å². The van der Waals surface area contributed by atoms with Gasteiger partial charge in [-0.25, -0.2) is 4.79 Å². The van der Waals surface area contributed by atoms with Crippen LogP contribution >= 0.6 is 15.9 Å². The summed E-state index contributed by atoms with van der Waals surface area (Å²) in [6, 6.07) is 12.4. The predicted molar refractivity (Wildman–Crippen MR) is 109 cm³/mol. The van der Waals surface area contributed by atoms with Crippen LogP contribution in [-0.2, 0) is 16.0 Å². The number of rotatable bonds is 9. The Labute approximate surface area is 168 Å². The quantitative estimate of drug-likeness (QED) is 0.446. The lowest BCUT2D eigenvalue weighted by Gasteiger charge is -2.11. The highest BCUT2D eigenvalue weighted by Crippen LogP contribution is 2.23. The summed E-state index contributed by atoms with van der Waals surface area (Å²) in [5, 5.41) is 2.74. The average Bonchev–Trinajstić information content (AvgIpc) is 2.67. The minimum absolute atomic E-state index is 0.111. The molecule has 0 bridgehead atoms. The molecule has 0 heterocycles. The minimum atomic E-state index is -0.391. The van der Waals surface area contributed by atoms with Gasteiger partial charge in [0.15, 0.2) is 6.61 Å². The van der Waals surface area contributed by atoms with Crippen LogP contribution in [0.4, 0.5) is 5.69 Å². The lowest BCUT2D eigenvalue weighted by Crippen LogP contribution is -2.20. The fourth-order valence-electron chi connectivity index (χ4n) is 2.42. The third-order valence-electron chi connectivity index (χ3n) is 3.88. The maximum atomic E-state index is 12.2. The fourth-order valence-corrected chi connectivity index (χ4v) is 2.83. The van der Waals surface area contributed by atoms with E-state index in [2.05, 4.69) is 21.2 Å². The number of hydrogen-bond acceptors (Lipinski definition) is 4. The molecule has 0 radical (unpaired) electrons. The molecule has 0 atom stereocenters. The Bertz CT molecular complexity index is 792. The standard InChI is InChI=1S/C21H24BrNO4/c1-3-5-11-26-21(25)16-7-6-8-18(13-16)23-20(24)14-27-19-10-9-17(22)12-15(19)4-2/h6-10,12-13H,3-5,11,14H2,1-2H3,(H,23,24). The number of amides is 1. The van der Waals surface area contributed by atoms with E-state index in [1.54, 1.807) is 24.3 Å². The third-order valence-corrected chi connectivity index (χ3v) is 4.37. The van der Waals surface area contributed by atoms with Gasteiger partial charge in [-0.2, -0.15) is 0 Å². The van der Waals surface area contributed by atoms with E-state index in [-0.39, 0.29) is 12.5 Å². The molecule has 1 N–H and O–H groups in total. The maximum absolute atomic E-state index is 12.2. The Morgan fingerprint density at radius 3 is 2.67 bits per heavy atom. The molecule has 5 nitrogen and oxygen atoms in total. The van der Waals surface area contributed by atoms with Crippen molar-refractivity contribution in [2.24, 2.45) is 0 Å². The summed E-state index contributed by atoms with van der Waals surface area (Å²) in [4.78, 5) is 24.2. The van der Waals surface area contributed by atoms with E-state index in [0.29, 0.717) is 23.6 Å². The summed E-state index contributed by atoms with van der Waals surface area (Å²) in [6.45, 7) is 4.34. The molecule has 0 aliphatic rings. The summed E-state index contributed by atoms with van der Waals surface area (Å²) < 4.78 is 11.8. The Morgan fingerprint density at radius 1 is 1.11 bits per heavy atom. The number of carbonyl (C=O) groups excluding carboxylic acids is 2. The van der Waals surface area contributed by atoms with Gasteiger partial charge in [0, 0.05) is 10.2 Å². The molecule has 2 aromatic carbocycles. The molecule has 1 amide bonds. The van der Waals surface area contributed by atoms with Gasteiger partial charge in [-0.3, -0.25) is 4.79 Å². The normalized spacial score (nSPS) is 10.3. The van der Waals surface area contributed by atoms with Crippen LogP contribution in [-0.4, -0.2) is 25.1 Å². The van der Waals surface area contributed by atoms with E-state index in [0.717, 1.165) is 29.3 Å². The van der Waals surface area contributed by atoms with Crippen molar-refractivity contribution in [2.45, 2.75) is 33.1 Å². The van der Waals surface area contributed by atoms with Gasteiger partial charge in [0.1, 0.15) is 5.75 Å². The first-order chi connectivity index (χ1) is 13.0. The molecule has 27 heavy (non-hydrogen) atoms. The number of halogens is 1. The SMILES string of the molecule is CCCCOC(=O)c1cccc(NC(=O)COc2ccc(Br)cc2CC)c1. The van der Waals surface area contributed by atoms with Crippen molar-refractivity contribution >= 4 is 33.5 Å². The molecule has 0 unspecified atom stereocenters. The topological polar surface area (TPSA) is 64.6 Å². The number of ether oxygens (including phenoxy) is 2. The van der Waals surface area contributed by atoms with E-state index in [9.17, 15) is 9.59 Å². The number of nitrogens with one attached hydrogen (secondary N) is 1. The van der Waals surface area contributed by atoms with E-state index in [1.807, 2.05) is 32.0 Å². The monoisotopic (exact) mass is 433 g/mol. The van der Waals surface area contributed by atoms with E-state index in [1.165, 1.54) is 0 Å². The molecule has 2 aromatic rings. The van der Waals surface area contributed by atoms with Crippen molar-refractivity contribution in [1.29, 1.82) is 0 Å². The molecular formula is C21H24BrNO4. The average molecular weight is 434 g/mol. The summed E-state index contributed by atoms with van der Waals surface area (Å²) in [5.74, 6) is -0.00109. The second-order valence-corrected chi connectivity index (χ2v) is 6.93. The van der Waals surface area contributed by atoms with Crippen LogP contribution in [0.2, 0.25) is 0 Å². The van der Waals surface area contributed by atoms with Crippen LogP contribution < -0.4 is 10.1 Å². The van der Waals surface area contributed by atoms with E-state index in [4.69, 9.17) is 9.47 Å². The van der Waals surface area contributed by atoms with Crippen LogP contribution in [0.3, 0.4) is 0 Å². The summed E-state index contributed by atoms with van der Waals surface area (Å²) in [5.41, 5.74) is 1.96. The van der Waals surface area contributed by atoms with Crippen LogP contribution in [0.15, 0.2) is 46.9 Å². The molecule has 0 aliphatic carbocycles. The van der Waals surface area contributed by atoms with Gasteiger partial charge in [0.25, 0.3) is 5.91 Å². The Kier molecular flexibility index (Phi) is 8.33. The fraction of sp³-hybridized carbons (Fsp3) is 0.333. The van der Waals surface area contributed by atoms with Crippen molar-refractivity contribution in [1.82, 2.24) is 0 Å². The van der Waals surface area contributed by atoms with Gasteiger partial charge in [-0.15, -0.1) is 0 Å². The smallest absolute Gasteiger partial charge is 0.338 e. The highest BCUT2D eigenvalue weighted by Gasteiger charge is 2.10. The number of benzene rings is 2. The molecule has 2 rings (SSSR count). The Morgan fingerprint density at radius 2 is 1.93 bits per heavy atom. The first-order valence-corrected chi connectivity index (χ1v) is 9.81. The van der Waals surface area contributed by atoms with Crippen LogP contribution in [0, 0.1) is 0 Å². The van der Waals surface area contributed by atoms with Gasteiger partial charge >= 0.3 is 5.97 Å². The van der Waals surface area contributed by atoms with Crippen LogP contribution in [0.25, 0.3) is 0 Å². The van der Waals surface area contributed by atoms with Crippen molar-refractivity contribution in [3.8, 4) is 5.75 Å². The van der Waals surface area contributed by atoms with Crippen molar-refractivity contribution in [3.05, 3.63) is 58.1 Å². The molecular weight excluding hydrogens is 410 g/mol. The number of carbonyl (C=O) groups is 2. The minimum Gasteiger partial charge on any atom is -0.483 e. The predicted octanol–water partition coefficient (Wildman–Crippen LogP) is 4.99. The van der Waals surface area contributed by atoms with Gasteiger partial charge in [-0.1, -0.05) is 42.3 Å². The second-order valence-electron chi connectivity index (χ2n) is 6.01. The number of esters is 1. The highest BCUT2D eigenvalue weighted by atomic mass is 79.9. The summed E-state index contributed by atoms with van der Waals surface area (Å²) in [6.07, 6.45) is 2.59. The zero-order chi connectivity index (χ0) is 19.6. The number of anilines is 1. The first kappa shape index (κ1) is 21.0. The number of unbranched alkanes of at least 4 members (excludes halogenated alkanes) is 1. The molecule has 0 aromatic heterocycles. The van der Waals surface area contributed by atoms with Gasteiger partial charge in [0.05, 0.1) is 12.2 Å². The van der Waals surface area contributed by atoms with E-state index >= 15 is 0 Å². The zero-order valence-corrected chi connectivity index (χ0v) is 17.2. The number of hydrogen-bond donors (Lipinski definition) is 1. The first-order valence-electron chi connectivity index (χ1n) is 9.01. The molecule has 0 saturated carbocycles. The molecule has 0 spiro atoms. The van der Waals surface area contributed by atoms with Crippen molar-refractivity contribution < 1.29 is 19.1 Å². The molecule has 0 saturated heterocycles. The van der Waals surface area contributed by atoms with Crippen molar-refractivity contribution in [2.75, 3.05) is 18.5 Å². The summed E-state index contributed by atoms with van der Waals surface area (Å²) in [7, 11) is 0. The molecule has 0 aliphatic heterocycles. The third kappa shape index (κ3) is 6.71. The van der Waals surface area contributed by atoms with Crippen LogP contribution in [0.5, 0.6) is 5.75 Å². The van der Waals surface area contributed by atoms with Crippen molar-refractivity contribution in [3.63, 3.8) is 0 Å². The van der Waals surface area contributed by atoms with Crippen LogP contribution in [0.1, 0.15) is 42.6 Å². The summed E-state index contributed by atoms with van der Waals surface area (Å²) >= 11 is 3.43. The Balaban J connectivity index is 1.92. The largest absolute Gasteiger partial charge is 0.483 e. The van der Waals surface area contributed by atoms with E-state index < -0.39 is 5.97 Å². The highest BCUT2D eigenvalue weighted by molar-refractivity contribution is 9.10. The molecule has 6 heteroatoms.